The van der Waals surface area contributed by atoms with Gasteiger partial charge in [0.05, 0.1) is 137 Å². The average molecular weight is 1830 g/mol. The third-order valence-corrected chi connectivity index (χ3v) is 27.9. The molecule has 0 saturated carbocycles. The molecule has 682 valence electrons. The van der Waals surface area contributed by atoms with Crippen LogP contribution in [0.15, 0.2) is 163 Å². The molecule has 121 heavy (non-hydrogen) atoms. The largest absolute Gasteiger partial charge is 0.464 e. The molecule has 0 heterocycles. The Balaban J connectivity index is 0.000000728. The smallest absolute Gasteiger partial charge is 0.343 e. The van der Waals surface area contributed by atoms with E-state index in [1.807, 2.05) is 20.8 Å². The fraction of sp³-hybridized carbons (Fsp3) is 0.523. The van der Waals surface area contributed by atoms with E-state index in [2.05, 4.69) is 34.6 Å². The summed E-state index contributed by atoms with van der Waals surface area (Å²) in [5, 5.41) is 27.7. The minimum Gasteiger partial charge on any atom is -0.464 e. The lowest BCUT2D eigenvalue weighted by Gasteiger charge is -2.38. The van der Waals surface area contributed by atoms with Crippen LogP contribution in [-0.2, 0) is 108 Å². The molecule has 6 rings (SSSR count). The Morgan fingerprint density at radius 1 is 0.413 bits per heavy atom. The van der Waals surface area contributed by atoms with Gasteiger partial charge in [0.2, 0.25) is 6.17 Å². The van der Waals surface area contributed by atoms with Gasteiger partial charge >= 0.3 is 5.97 Å². The van der Waals surface area contributed by atoms with E-state index in [9.17, 15) is 88.2 Å². The van der Waals surface area contributed by atoms with Gasteiger partial charge in [-0.25, -0.2) is 102 Å². The van der Waals surface area contributed by atoms with Crippen molar-refractivity contribution < 1.29 is 103 Å². The SMILES string of the molecule is C=C[C@H](F)[C@](C)(N[S@](=O)C(C)(C)C)c1ccccc1F.CC(=N[S@](=O)C(C)(C)C)c1ccccc1F.CC(C)(C)[S@@](=O)N[C@](C)(c1ccccc1F)[C@@H](F)C=O.CC(C)(C)[S@@](=O)N[C@](C)(c1ccccc1F)[C@@H](F)CO.CC(C)(C)[S@@](=O)N[C@](C)(c1ccccc1F)[C@@H](F)[C@@H](O)CO.CCOC(=O)[C@H](F)[C@](C)(N[S@](=O)C(C)(C)C)c1ccccc1F. The summed E-state index contributed by atoms with van der Waals surface area (Å²) in [5.41, 5.74) is -7.42. The van der Waals surface area contributed by atoms with Gasteiger partial charge < -0.3 is 24.9 Å². The molecule has 0 aromatic heterocycles. The molecule has 6 aromatic carbocycles. The van der Waals surface area contributed by atoms with Crippen molar-refractivity contribution in [3.05, 3.63) is 227 Å². The Morgan fingerprint density at radius 3 is 0.950 bits per heavy atom. The first-order valence-electron chi connectivity index (χ1n) is 38.1. The van der Waals surface area contributed by atoms with Crippen molar-refractivity contribution in [2.45, 2.75) is 266 Å². The standard InChI is InChI=1S/C16H23F2NO3S.C15H23F2NO3S.C15H21F2NOS.C14H21F2NO2S.C14H19F2NO2S.C12H16FNOS/c1-6-22-14(20)13(18)16(5,19-23(21)15(2,3)4)11-9-7-8-10-12(11)17;1-14(2,3)22(21)18-15(4,13(17)12(20)9-19)10-7-5-6-8-11(10)16;1-6-13(17)15(5,18-20(19)14(2,3)4)11-9-7-8-10-12(11)16;2*1-13(2,3)20(19)17-14(4,12(16)9-18)10-7-5-6-8-11(10)15;1-9(14-16(15)12(2,3)4)10-7-5-6-8-11(10)13/h7-10,13,19H,6H2,1-5H3;5-8,12-13,18-20H,9H2,1-4H3;6-10,13,18H,1H2,2-5H3;5-8,12,17-18H,9H2,1-4H3;5-9,12,17H,1-4H3;5-8H,1-4H3/t13-,16+,23+;12-,13-,15+,22+;13-,15+,20+;2*12-,14+,20+;16-/m000001/s1. The summed E-state index contributed by atoms with van der Waals surface area (Å²) in [6, 6.07) is 34.5. The number of carbonyl (C=O) groups excluding carboxylic acids is 2. The zero-order valence-corrected chi connectivity index (χ0v) is 78.3. The van der Waals surface area contributed by atoms with Crippen LogP contribution in [0.2, 0.25) is 0 Å². The highest BCUT2D eigenvalue weighted by molar-refractivity contribution is 7.86. The lowest BCUT2D eigenvalue weighted by molar-refractivity contribution is -0.152. The fourth-order valence-corrected chi connectivity index (χ4v) is 15.2. The van der Waals surface area contributed by atoms with E-state index in [0.29, 0.717) is 11.3 Å². The van der Waals surface area contributed by atoms with Crippen molar-refractivity contribution in [2.75, 3.05) is 19.8 Å². The van der Waals surface area contributed by atoms with Crippen molar-refractivity contribution in [2.24, 2.45) is 4.40 Å². The molecule has 0 spiro atoms. The lowest BCUT2D eigenvalue weighted by Crippen LogP contribution is -2.56. The van der Waals surface area contributed by atoms with Crippen LogP contribution >= 0.6 is 0 Å². The molecule has 8 N–H and O–H groups in total. The van der Waals surface area contributed by atoms with Crippen LogP contribution in [0.25, 0.3) is 0 Å². The number of aldehydes is 1. The molecule has 0 unspecified atom stereocenters. The second-order valence-electron chi connectivity index (χ2n) is 34.4. The number of hydrogen-bond acceptors (Lipinski definition) is 12. The molecular weight excluding hydrogens is 1710 g/mol. The molecule has 0 amide bonds. The maximum Gasteiger partial charge on any atom is 0.343 e. The quantitative estimate of drug-likeness (QED) is 0.00716. The van der Waals surface area contributed by atoms with Crippen molar-refractivity contribution >= 4 is 83.9 Å². The van der Waals surface area contributed by atoms with Gasteiger partial charge in [-0.3, -0.25) is 0 Å². The highest BCUT2D eigenvalue weighted by Crippen LogP contribution is 2.38. The Morgan fingerprint density at radius 2 is 0.678 bits per heavy atom. The van der Waals surface area contributed by atoms with E-state index in [1.54, 1.807) is 148 Å². The Hall–Kier alpha value is -6.32. The van der Waals surface area contributed by atoms with Gasteiger partial charge in [-0.05, 0) is 209 Å². The van der Waals surface area contributed by atoms with Crippen LogP contribution in [0.1, 0.15) is 206 Å². The number of esters is 1. The van der Waals surface area contributed by atoms with E-state index in [1.165, 1.54) is 138 Å². The summed E-state index contributed by atoms with van der Waals surface area (Å²) >= 11 is 0. The second kappa shape index (κ2) is 47.8. The number of carbonyl (C=O) groups is 2. The van der Waals surface area contributed by atoms with E-state index in [4.69, 9.17) is 14.9 Å². The summed E-state index contributed by atoms with van der Waals surface area (Å²) < 4.78 is 247. The number of aliphatic hydroxyl groups is 3. The topological polar surface area (TPSA) is 279 Å². The first kappa shape index (κ1) is 113. The first-order chi connectivity index (χ1) is 55.3. The molecule has 0 aliphatic rings. The highest BCUT2D eigenvalue weighted by atomic mass is 32.2. The van der Waals surface area contributed by atoms with Crippen LogP contribution in [0.3, 0.4) is 0 Å². The number of alkyl halides is 5. The summed E-state index contributed by atoms with van der Waals surface area (Å²) in [5.74, 6) is -4.65. The van der Waals surface area contributed by atoms with Gasteiger partial charge in [0.1, 0.15) is 64.3 Å². The Kier molecular flexibility index (Phi) is 44.6. The van der Waals surface area contributed by atoms with Gasteiger partial charge in [-0.15, -0.1) is 6.58 Å². The second-order valence-corrected chi connectivity index (χ2v) is 46.2. The van der Waals surface area contributed by atoms with Crippen molar-refractivity contribution in [3.8, 4) is 0 Å². The van der Waals surface area contributed by atoms with Crippen molar-refractivity contribution in [1.29, 1.82) is 0 Å². The van der Waals surface area contributed by atoms with Gasteiger partial charge in [0, 0.05) is 33.4 Å². The number of hydrogen-bond donors (Lipinski definition) is 8. The van der Waals surface area contributed by atoms with E-state index < -0.39 is 207 Å². The third-order valence-electron chi connectivity index (χ3n) is 17.8. The zero-order valence-electron chi connectivity index (χ0n) is 73.4. The van der Waals surface area contributed by atoms with Gasteiger partial charge in [-0.1, -0.05) is 115 Å². The maximum absolute atomic E-state index is 14.8. The number of rotatable bonds is 29. The molecule has 0 saturated heterocycles. The molecule has 6 aromatic rings. The predicted octanol–water partition coefficient (Wildman–Crippen LogP) is 16.5. The number of benzene rings is 6. The van der Waals surface area contributed by atoms with Gasteiger partial charge in [0.15, 0.2) is 18.6 Å². The van der Waals surface area contributed by atoms with Crippen LogP contribution in [0.4, 0.5) is 48.3 Å². The van der Waals surface area contributed by atoms with Crippen molar-refractivity contribution in [3.63, 3.8) is 0 Å². The molecule has 0 bridgehead atoms. The molecule has 0 aliphatic carbocycles. The normalized spacial score (nSPS) is 17.8. The molecular formula is C86H123F11N6O12S6. The average Bonchev–Trinajstić information content (AvgIpc) is 0.818. The number of aliphatic hydroxyl groups excluding tert-OH is 3. The molecule has 17 atom stereocenters. The minimum atomic E-state index is -2.22. The molecule has 0 aliphatic heterocycles. The maximum atomic E-state index is 14.8. The van der Waals surface area contributed by atoms with E-state index in [0.717, 1.165) is 18.2 Å². The zero-order chi connectivity index (χ0) is 94.0. The third kappa shape index (κ3) is 32.9. The number of nitrogens with zero attached hydrogens (tertiary/aromatic N) is 1. The van der Waals surface area contributed by atoms with Crippen LogP contribution in [-0.4, -0.2) is 144 Å². The fourth-order valence-electron chi connectivity index (χ4n) is 10.00. The summed E-state index contributed by atoms with van der Waals surface area (Å²) in [6.07, 6.45) is -10.2. The van der Waals surface area contributed by atoms with Crippen LogP contribution < -0.4 is 23.6 Å². The predicted molar refractivity (Wildman–Crippen MR) is 468 cm³/mol. The number of halogens is 11. The number of nitrogens with one attached hydrogen (secondary N) is 5. The van der Waals surface area contributed by atoms with Crippen LogP contribution in [0.5, 0.6) is 0 Å². The first-order valence-corrected chi connectivity index (χ1v) is 44.9. The van der Waals surface area contributed by atoms with Gasteiger partial charge in [0.25, 0.3) is 0 Å². The molecule has 0 radical (unpaired) electrons. The minimum absolute atomic E-state index is 0.00499. The van der Waals surface area contributed by atoms with Gasteiger partial charge in [-0.2, -0.15) is 4.40 Å². The summed E-state index contributed by atoms with van der Waals surface area (Å²) in [4.78, 5) is 22.7. The van der Waals surface area contributed by atoms with Crippen LogP contribution in [0, 0.1) is 34.9 Å². The summed E-state index contributed by atoms with van der Waals surface area (Å²) in [7, 11) is -9.58. The highest BCUT2D eigenvalue weighted by Gasteiger charge is 2.49. The lowest BCUT2D eigenvalue weighted by atomic mass is 9.85. The van der Waals surface area contributed by atoms with E-state index >= 15 is 0 Å². The van der Waals surface area contributed by atoms with Crippen molar-refractivity contribution in [1.82, 2.24) is 23.6 Å². The number of ether oxygens (including phenoxy) is 1. The monoisotopic (exact) mass is 1830 g/mol. The molecule has 0 fully saturated rings. The molecule has 18 nitrogen and oxygen atoms in total. The Labute approximate surface area is 723 Å². The van der Waals surface area contributed by atoms with E-state index in [-0.39, 0.29) is 46.5 Å². The Bertz CT molecular complexity index is 4430. The summed E-state index contributed by atoms with van der Waals surface area (Å²) in [6.45, 7) is 43.0. The molecule has 35 heteroatoms.